The number of hydrogen-bond donors (Lipinski definition) is 0. The van der Waals surface area contributed by atoms with Crippen molar-refractivity contribution in [3.8, 4) is 0 Å². The standard InChI is InChI=1S/C11H10N4O2/c1-15-5-2-8(14-15)10(16)6-11(17)9-7-12-3-4-13-9/h2-5,7H,6H2,1H3. The highest BCUT2D eigenvalue weighted by molar-refractivity contribution is 6.11. The van der Waals surface area contributed by atoms with Crippen LogP contribution in [0.1, 0.15) is 27.4 Å². The first-order chi connectivity index (χ1) is 8.16. The summed E-state index contributed by atoms with van der Waals surface area (Å²) in [5.74, 6) is -0.671. The van der Waals surface area contributed by atoms with Gasteiger partial charge in [-0.25, -0.2) is 4.98 Å². The van der Waals surface area contributed by atoms with E-state index in [1.807, 2.05) is 0 Å². The summed E-state index contributed by atoms with van der Waals surface area (Å²) in [5.41, 5.74) is 0.474. The molecule has 0 N–H and O–H groups in total. The highest BCUT2D eigenvalue weighted by Gasteiger charge is 2.16. The van der Waals surface area contributed by atoms with Crippen LogP contribution in [0.4, 0.5) is 0 Å². The van der Waals surface area contributed by atoms with Crippen molar-refractivity contribution < 1.29 is 9.59 Å². The van der Waals surface area contributed by atoms with Crippen molar-refractivity contribution in [2.45, 2.75) is 6.42 Å². The molecular formula is C11H10N4O2. The Morgan fingerprint density at radius 1 is 1.24 bits per heavy atom. The third-order valence-electron chi connectivity index (χ3n) is 2.17. The molecule has 2 aromatic rings. The summed E-state index contributed by atoms with van der Waals surface area (Å²) < 4.78 is 1.51. The van der Waals surface area contributed by atoms with Gasteiger partial charge in [0.2, 0.25) is 0 Å². The first-order valence-corrected chi connectivity index (χ1v) is 4.99. The predicted molar refractivity (Wildman–Crippen MR) is 58.5 cm³/mol. The summed E-state index contributed by atoms with van der Waals surface area (Å²) in [4.78, 5) is 31.0. The van der Waals surface area contributed by atoms with Crippen molar-refractivity contribution in [1.82, 2.24) is 19.7 Å². The zero-order valence-electron chi connectivity index (χ0n) is 9.20. The van der Waals surface area contributed by atoms with Crippen molar-refractivity contribution in [3.63, 3.8) is 0 Å². The van der Waals surface area contributed by atoms with Gasteiger partial charge in [-0.15, -0.1) is 0 Å². The number of aromatic nitrogens is 4. The Balaban J connectivity index is 2.07. The van der Waals surface area contributed by atoms with E-state index < -0.39 is 0 Å². The molecule has 2 aromatic heterocycles. The van der Waals surface area contributed by atoms with E-state index in [9.17, 15) is 9.59 Å². The van der Waals surface area contributed by atoms with Gasteiger partial charge in [0.1, 0.15) is 11.4 Å². The zero-order valence-corrected chi connectivity index (χ0v) is 9.20. The number of carbonyl (C=O) groups is 2. The van der Waals surface area contributed by atoms with Crippen LogP contribution in [0.25, 0.3) is 0 Å². The number of hydrogen-bond acceptors (Lipinski definition) is 5. The van der Waals surface area contributed by atoms with Gasteiger partial charge in [-0.1, -0.05) is 0 Å². The lowest BCUT2D eigenvalue weighted by Gasteiger charge is -1.97. The Kier molecular flexibility index (Phi) is 3.04. The number of Topliss-reactive ketones (excluding diaryl/α,β-unsaturated/α-hetero) is 2. The normalized spacial score (nSPS) is 10.2. The molecule has 0 saturated carbocycles. The van der Waals surface area contributed by atoms with E-state index in [1.54, 1.807) is 19.3 Å². The summed E-state index contributed by atoms with van der Waals surface area (Å²) >= 11 is 0. The minimum Gasteiger partial charge on any atom is -0.292 e. The fraction of sp³-hybridized carbons (Fsp3) is 0.182. The van der Waals surface area contributed by atoms with Crippen LogP contribution in [0.15, 0.2) is 30.9 Å². The van der Waals surface area contributed by atoms with Gasteiger partial charge in [0.15, 0.2) is 11.6 Å². The van der Waals surface area contributed by atoms with Crippen LogP contribution < -0.4 is 0 Å². The average molecular weight is 230 g/mol. The molecule has 0 bridgehead atoms. The second kappa shape index (κ2) is 4.65. The quantitative estimate of drug-likeness (QED) is 0.569. The Bertz CT molecular complexity index is 548. The molecular weight excluding hydrogens is 220 g/mol. The topological polar surface area (TPSA) is 77.7 Å². The average Bonchev–Trinajstić information content (AvgIpc) is 2.77. The van der Waals surface area contributed by atoms with E-state index in [4.69, 9.17) is 0 Å². The number of carbonyl (C=O) groups excluding carboxylic acids is 2. The Morgan fingerprint density at radius 2 is 2.00 bits per heavy atom. The molecule has 0 saturated heterocycles. The summed E-state index contributed by atoms with van der Waals surface area (Å²) in [6.07, 6.45) is 5.64. The van der Waals surface area contributed by atoms with Crippen molar-refractivity contribution in [2.75, 3.05) is 0 Å². The summed E-state index contributed by atoms with van der Waals surface area (Å²) in [5, 5.41) is 3.94. The van der Waals surface area contributed by atoms with E-state index in [2.05, 4.69) is 15.1 Å². The first kappa shape index (κ1) is 11.1. The number of rotatable bonds is 4. The fourth-order valence-corrected chi connectivity index (χ4v) is 1.33. The Labute approximate surface area is 97.3 Å². The van der Waals surface area contributed by atoms with Crippen molar-refractivity contribution in [1.29, 1.82) is 0 Å². The molecule has 0 aromatic carbocycles. The van der Waals surface area contributed by atoms with Gasteiger partial charge in [0, 0.05) is 25.6 Å². The highest BCUT2D eigenvalue weighted by atomic mass is 16.1. The van der Waals surface area contributed by atoms with Crippen LogP contribution in [-0.4, -0.2) is 31.3 Å². The lowest BCUT2D eigenvalue weighted by atomic mass is 10.1. The van der Waals surface area contributed by atoms with Crippen LogP contribution in [0.2, 0.25) is 0 Å². The number of ketones is 2. The van der Waals surface area contributed by atoms with Gasteiger partial charge >= 0.3 is 0 Å². The molecule has 6 nitrogen and oxygen atoms in total. The van der Waals surface area contributed by atoms with Crippen LogP contribution in [0.5, 0.6) is 0 Å². The third kappa shape index (κ3) is 2.60. The van der Waals surface area contributed by atoms with Crippen LogP contribution in [0.3, 0.4) is 0 Å². The maximum absolute atomic E-state index is 11.7. The molecule has 0 spiro atoms. The van der Waals surface area contributed by atoms with E-state index in [0.717, 1.165) is 0 Å². The minimum absolute atomic E-state index is 0.191. The molecule has 0 radical (unpaired) electrons. The zero-order chi connectivity index (χ0) is 12.3. The van der Waals surface area contributed by atoms with E-state index in [1.165, 1.54) is 23.3 Å². The predicted octanol–water partition coefficient (Wildman–Crippen LogP) is 0.666. The molecule has 17 heavy (non-hydrogen) atoms. The molecule has 2 heterocycles. The van der Waals surface area contributed by atoms with Gasteiger partial charge < -0.3 is 0 Å². The molecule has 6 heteroatoms. The molecule has 86 valence electrons. The lowest BCUT2D eigenvalue weighted by molar-refractivity contribution is 0.0888. The smallest absolute Gasteiger partial charge is 0.190 e. The molecule has 0 aliphatic carbocycles. The maximum Gasteiger partial charge on any atom is 0.190 e. The van der Waals surface area contributed by atoms with Crippen molar-refractivity contribution in [2.24, 2.45) is 7.05 Å². The fourth-order valence-electron chi connectivity index (χ4n) is 1.33. The van der Waals surface area contributed by atoms with Crippen molar-refractivity contribution >= 4 is 11.6 Å². The molecule has 0 unspecified atom stereocenters. The molecule has 0 atom stereocenters. The molecule has 0 aliphatic rings. The Morgan fingerprint density at radius 3 is 2.59 bits per heavy atom. The number of aryl methyl sites for hydroxylation is 1. The second-order valence-electron chi connectivity index (χ2n) is 3.49. The summed E-state index contributed by atoms with van der Waals surface area (Å²) in [6, 6.07) is 1.58. The molecule has 0 fully saturated rings. The van der Waals surface area contributed by atoms with Crippen LogP contribution >= 0.6 is 0 Å². The van der Waals surface area contributed by atoms with Gasteiger partial charge in [0.25, 0.3) is 0 Å². The monoisotopic (exact) mass is 230 g/mol. The van der Waals surface area contributed by atoms with Crippen LogP contribution in [-0.2, 0) is 7.05 Å². The first-order valence-electron chi connectivity index (χ1n) is 4.99. The largest absolute Gasteiger partial charge is 0.292 e. The maximum atomic E-state index is 11.7. The highest BCUT2D eigenvalue weighted by Crippen LogP contribution is 2.04. The molecule has 0 aliphatic heterocycles. The van der Waals surface area contributed by atoms with Gasteiger partial charge in [-0.3, -0.25) is 19.3 Å². The summed E-state index contributed by atoms with van der Waals surface area (Å²) in [6.45, 7) is 0. The Hall–Kier alpha value is -2.37. The van der Waals surface area contributed by atoms with E-state index in [0.29, 0.717) is 0 Å². The van der Waals surface area contributed by atoms with Gasteiger partial charge in [-0.2, -0.15) is 5.10 Å². The molecule has 0 amide bonds. The number of nitrogens with zero attached hydrogens (tertiary/aromatic N) is 4. The van der Waals surface area contributed by atoms with Crippen LogP contribution in [0, 0.1) is 0 Å². The molecule has 2 rings (SSSR count). The summed E-state index contributed by atoms with van der Waals surface area (Å²) in [7, 11) is 1.71. The second-order valence-corrected chi connectivity index (χ2v) is 3.49. The SMILES string of the molecule is Cn1ccc(C(=O)CC(=O)c2cnccn2)n1. The van der Waals surface area contributed by atoms with Gasteiger partial charge in [0.05, 0.1) is 12.6 Å². The minimum atomic E-state index is -0.353. The van der Waals surface area contributed by atoms with Gasteiger partial charge in [-0.05, 0) is 6.07 Å². The lowest BCUT2D eigenvalue weighted by Crippen LogP contribution is -2.11. The van der Waals surface area contributed by atoms with Crippen molar-refractivity contribution in [3.05, 3.63) is 42.2 Å². The third-order valence-corrected chi connectivity index (χ3v) is 2.17. The van der Waals surface area contributed by atoms with E-state index in [-0.39, 0.29) is 29.4 Å². The van der Waals surface area contributed by atoms with E-state index >= 15 is 0 Å².